The van der Waals surface area contributed by atoms with E-state index in [0.29, 0.717) is 5.88 Å². The van der Waals surface area contributed by atoms with Gasteiger partial charge in [-0.3, -0.25) is 4.90 Å². The van der Waals surface area contributed by atoms with Gasteiger partial charge in [0.2, 0.25) is 0 Å². The highest BCUT2D eigenvalue weighted by Crippen LogP contribution is 2.34. The van der Waals surface area contributed by atoms with Gasteiger partial charge in [-0.05, 0) is 31.1 Å². The highest BCUT2D eigenvalue weighted by atomic mass is 35.5. The Kier molecular flexibility index (Phi) is 3.89. The number of piperidine rings is 1. The third kappa shape index (κ3) is 2.74. The van der Waals surface area contributed by atoms with Crippen LogP contribution < -0.4 is 0 Å². The number of hydrogen-bond acceptors (Lipinski definition) is 1. The first-order valence-electron chi connectivity index (χ1n) is 5.82. The monoisotopic (exact) mass is 213 g/mol. The highest BCUT2D eigenvalue weighted by Gasteiger charge is 2.29. The quantitative estimate of drug-likeness (QED) is 0.515. The van der Waals surface area contributed by atoms with Gasteiger partial charge in [0.15, 0.2) is 0 Å². The van der Waals surface area contributed by atoms with Gasteiger partial charge >= 0.3 is 0 Å². The zero-order chi connectivity index (χ0) is 9.80. The topological polar surface area (TPSA) is 3.24 Å². The van der Waals surface area contributed by atoms with Gasteiger partial charge in [-0.15, -0.1) is 11.6 Å². The summed E-state index contributed by atoms with van der Waals surface area (Å²) >= 11 is 5.61. The third-order valence-corrected chi connectivity index (χ3v) is 3.72. The van der Waals surface area contributed by atoms with Gasteiger partial charge < -0.3 is 0 Å². The van der Waals surface area contributed by atoms with Gasteiger partial charge in [0.05, 0.1) is 0 Å². The lowest BCUT2D eigenvalue weighted by molar-refractivity contribution is 0.0956. The molecule has 1 nitrogen and oxygen atoms in total. The van der Waals surface area contributed by atoms with E-state index in [1.54, 1.807) is 0 Å². The van der Waals surface area contributed by atoms with Crippen LogP contribution in [0.4, 0.5) is 0 Å². The molecule has 2 atom stereocenters. The Labute approximate surface area is 92.1 Å². The van der Waals surface area contributed by atoms with E-state index in [-0.39, 0.29) is 0 Å². The van der Waals surface area contributed by atoms with Crippen molar-refractivity contribution in [2.24, 2.45) is 11.8 Å². The van der Waals surface area contributed by atoms with Crippen LogP contribution >= 0.6 is 11.6 Å². The fourth-order valence-corrected chi connectivity index (χ4v) is 3.10. The van der Waals surface area contributed by atoms with Gasteiger partial charge in [-0.1, -0.05) is 18.6 Å². The van der Waals surface area contributed by atoms with Crippen molar-refractivity contribution in [2.45, 2.75) is 25.7 Å². The standard InChI is InChI=1S/C12H20ClN/c13-6-1-2-7-14-9-11-4-3-5-12(8-11)10-14/h1-2,11-12H,3-10H2/b2-1+. The van der Waals surface area contributed by atoms with E-state index < -0.39 is 0 Å². The van der Waals surface area contributed by atoms with Crippen molar-refractivity contribution in [3.63, 3.8) is 0 Å². The first-order chi connectivity index (χ1) is 6.88. The maximum atomic E-state index is 5.61. The van der Waals surface area contributed by atoms with Crippen LogP contribution in [-0.4, -0.2) is 30.4 Å². The van der Waals surface area contributed by atoms with E-state index in [4.69, 9.17) is 11.6 Å². The predicted octanol–water partition coefficient (Wildman–Crippen LogP) is 2.90. The van der Waals surface area contributed by atoms with Crippen LogP contribution in [0.2, 0.25) is 0 Å². The number of hydrogen-bond donors (Lipinski definition) is 0. The molecule has 0 spiro atoms. The largest absolute Gasteiger partial charge is 0.299 e. The summed E-state index contributed by atoms with van der Waals surface area (Å²) in [4.78, 5) is 2.60. The minimum Gasteiger partial charge on any atom is -0.299 e. The van der Waals surface area contributed by atoms with Gasteiger partial charge in [0.1, 0.15) is 0 Å². The molecule has 2 rings (SSSR count). The second-order valence-corrected chi connectivity index (χ2v) is 5.05. The SMILES string of the molecule is ClC/C=C/CN1CC2CCCC(C2)C1. The molecule has 0 aromatic heterocycles. The van der Waals surface area contributed by atoms with E-state index in [2.05, 4.69) is 17.1 Å². The van der Waals surface area contributed by atoms with E-state index >= 15 is 0 Å². The summed E-state index contributed by atoms with van der Waals surface area (Å²) in [5, 5.41) is 0. The Morgan fingerprint density at radius 2 is 1.86 bits per heavy atom. The molecule has 0 N–H and O–H groups in total. The van der Waals surface area contributed by atoms with Crippen molar-refractivity contribution in [3.8, 4) is 0 Å². The Morgan fingerprint density at radius 1 is 1.14 bits per heavy atom. The van der Waals surface area contributed by atoms with Gasteiger partial charge in [-0.25, -0.2) is 0 Å². The first-order valence-corrected chi connectivity index (χ1v) is 6.35. The molecule has 80 valence electrons. The highest BCUT2D eigenvalue weighted by molar-refractivity contribution is 6.18. The molecule has 1 saturated heterocycles. The molecule has 2 bridgehead atoms. The molecule has 0 amide bonds. The average molecular weight is 214 g/mol. The number of likely N-dealkylation sites (tertiary alicyclic amines) is 1. The number of fused-ring (bicyclic) bond motifs is 2. The second kappa shape index (κ2) is 5.18. The maximum absolute atomic E-state index is 5.61. The van der Waals surface area contributed by atoms with E-state index in [1.807, 2.05) is 0 Å². The number of halogens is 1. The third-order valence-electron chi connectivity index (χ3n) is 3.54. The molecule has 1 saturated carbocycles. The predicted molar refractivity (Wildman–Crippen MR) is 61.7 cm³/mol. The Morgan fingerprint density at radius 3 is 2.50 bits per heavy atom. The van der Waals surface area contributed by atoms with Crippen molar-refractivity contribution < 1.29 is 0 Å². The fraction of sp³-hybridized carbons (Fsp3) is 0.833. The Balaban J connectivity index is 1.80. The van der Waals surface area contributed by atoms with Crippen LogP contribution in [0.25, 0.3) is 0 Å². The summed E-state index contributed by atoms with van der Waals surface area (Å²) in [6.45, 7) is 3.76. The number of alkyl halides is 1. The Bertz CT molecular complexity index is 190. The lowest BCUT2D eigenvalue weighted by Crippen LogP contribution is -2.42. The van der Waals surface area contributed by atoms with Crippen molar-refractivity contribution >= 4 is 11.6 Å². The summed E-state index contributed by atoms with van der Waals surface area (Å²) in [6, 6.07) is 0. The van der Waals surface area contributed by atoms with Gasteiger partial charge in [0, 0.05) is 25.5 Å². The van der Waals surface area contributed by atoms with Crippen LogP contribution in [0.15, 0.2) is 12.2 Å². The van der Waals surface area contributed by atoms with Crippen molar-refractivity contribution in [2.75, 3.05) is 25.5 Å². The molecule has 14 heavy (non-hydrogen) atoms. The zero-order valence-electron chi connectivity index (χ0n) is 8.79. The zero-order valence-corrected chi connectivity index (χ0v) is 9.55. The number of nitrogens with zero attached hydrogens (tertiary/aromatic N) is 1. The van der Waals surface area contributed by atoms with Crippen LogP contribution in [0.1, 0.15) is 25.7 Å². The molecular weight excluding hydrogens is 194 g/mol. The minimum absolute atomic E-state index is 0.653. The lowest BCUT2D eigenvalue weighted by Gasteiger charge is -2.41. The summed E-state index contributed by atoms with van der Waals surface area (Å²) < 4.78 is 0. The van der Waals surface area contributed by atoms with Crippen LogP contribution in [0.5, 0.6) is 0 Å². The molecule has 2 unspecified atom stereocenters. The Hall–Kier alpha value is -0.0100. The molecule has 2 heteroatoms. The molecule has 0 radical (unpaired) electrons. The number of rotatable bonds is 3. The van der Waals surface area contributed by atoms with Crippen molar-refractivity contribution in [1.82, 2.24) is 4.90 Å². The second-order valence-electron chi connectivity index (χ2n) is 4.74. The van der Waals surface area contributed by atoms with Crippen LogP contribution in [0, 0.1) is 11.8 Å². The minimum atomic E-state index is 0.653. The summed E-state index contributed by atoms with van der Waals surface area (Å²) in [7, 11) is 0. The summed E-state index contributed by atoms with van der Waals surface area (Å²) in [6.07, 6.45) is 10.2. The van der Waals surface area contributed by atoms with E-state index in [9.17, 15) is 0 Å². The van der Waals surface area contributed by atoms with Gasteiger partial charge in [0.25, 0.3) is 0 Å². The fourth-order valence-electron chi connectivity index (χ4n) is 2.97. The number of allylic oxidation sites excluding steroid dienone is 1. The molecule has 0 aromatic carbocycles. The molecule has 2 aliphatic rings. The molecule has 1 heterocycles. The molecule has 2 fully saturated rings. The molecule has 0 aromatic rings. The van der Waals surface area contributed by atoms with Crippen molar-refractivity contribution in [1.29, 1.82) is 0 Å². The normalized spacial score (nSPS) is 33.8. The molecule has 1 aliphatic heterocycles. The maximum Gasteiger partial charge on any atom is 0.0404 e. The van der Waals surface area contributed by atoms with E-state index in [0.717, 1.165) is 18.4 Å². The van der Waals surface area contributed by atoms with E-state index in [1.165, 1.54) is 38.8 Å². The lowest BCUT2D eigenvalue weighted by atomic mass is 9.78. The molecule has 1 aliphatic carbocycles. The van der Waals surface area contributed by atoms with Crippen molar-refractivity contribution in [3.05, 3.63) is 12.2 Å². The summed E-state index contributed by atoms with van der Waals surface area (Å²) in [5.41, 5.74) is 0. The van der Waals surface area contributed by atoms with Crippen LogP contribution in [-0.2, 0) is 0 Å². The van der Waals surface area contributed by atoms with Gasteiger partial charge in [-0.2, -0.15) is 0 Å². The smallest absolute Gasteiger partial charge is 0.0404 e. The van der Waals surface area contributed by atoms with Crippen LogP contribution in [0.3, 0.4) is 0 Å². The molecular formula is C12H20ClN. The first kappa shape index (κ1) is 10.5. The average Bonchev–Trinajstić information content (AvgIpc) is 2.18. The summed E-state index contributed by atoms with van der Waals surface area (Å²) in [5.74, 6) is 2.64.